The standard InChI is InChI=1S/C15H14BrFN2O2/c1-9-3-4-11(7-14(9)17)10(2)18-15-8-12(19(20)21)5-6-13(15)16/h3-8,10,18H,1-2H3. The van der Waals surface area contributed by atoms with E-state index in [1.165, 1.54) is 18.2 Å². The summed E-state index contributed by atoms with van der Waals surface area (Å²) in [6.07, 6.45) is 0. The number of anilines is 1. The first-order valence-electron chi connectivity index (χ1n) is 6.35. The minimum Gasteiger partial charge on any atom is -0.377 e. The van der Waals surface area contributed by atoms with E-state index in [1.54, 1.807) is 19.1 Å². The highest BCUT2D eigenvalue weighted by Crippen LogP contribution is 2.30. The number of benzene rings is 2. The van der Waals surface area contributed by atoms with Crippen LogP contribution in [0.15, 0.2) is 40.9 Å². The first kappa shape index (κ1) is 15.4. The van der Waals surface area contributed by atoms with Crippen molar-refractivity contribution in [3.8, 4) is 0 Å². The number of nitrogens with one attached hydrogen (secondary N) is 1. The van der Waals surface area contributed by atoms with Gasteiger partial charge in [-0.15, -0.1) is 0 Å². The molecule has 0 aliphatic carbocycles. The molecule has 0 aliphatic heterocycles. The van der Waals surface area contributed by atoms with Crippen molar-refractivity contribution in [2.75, 3.05) is 5.32 Å². The van der Waals surface area contributed by atoms with Gasteiger partial charge in [-0.2, -0.15) is 0 Å². The summed E-state index contributed by atoms with van der Waals surface area (Å²) >= 11 is 3.35. The summed E-state index contributed by atoms with van der Waals surface area (Å²) in [4.78, 5) is 10.4. The van der Waals surface area contributed by atoms with Gasteiger partial charge in [-0.3, -0.25) is 10.1 Å². The Morgan fingerprint density at radius 1 is 1.29 bits per heavy atom. The minimum absolute atomic E-state index is 0.00277. The van der Waals surface area contributed by atoms with Crippen LogP contribution in [0.5, 0.6) is 0 Å². The van der Waals surface area contributed by atoms with Crippen LogP contribution in [0.25, 0.3) is 0 Å². The molecular formula is C15H14BrFN2O2. The zero-order valence-corrected chi connectivity index (χ0v) is 13.1. The van der Waals surface area contributed by atoms with Crippen LogP contribution in [0.3, 0.4) is 0 Å². The molecule has 2 aromatic carbocycles. The lowest BCUT2D eigenvalue weighted by Gasteiger charge is -2.17. The summed E-state index contributed by atoms with van der Waals surface area (Å²) in [6, 6.07) is 9.32. The van der Waals surface area contributed by atoms with Crippen LogP contribution >= 0.6 is 15.9 Å². The molecule has 21 heavy (non-hydrogen) atoms. The lowest BCUT2D eigenvalue weighted by atomic mass is 10.1. The molecule has 0 saturated carbocycles. The Balaban J connectivity index is 2.26. The number of halogens is 2. The van der Waals surface area contributed by atoms with Gasteiger partial charge in [0.1, 0.15) is 5.82 Å². The molecule has 0 bridgehead atoms. The van der Waals surface area contributed by atoms with E-state index >= 15 is 0 Å². The van der Waals surface area contributed by atoms with Gasteiger partial charge in [-0.25, -0.2) is 4.39 Å². The SMILES string of the molecule is Cc1ccc(C(C)Nc2cc([N+](=O)[O-])ccc2Br)cc1F. The van der Waals surface area contributed by atoms with Gasteiger partial charge in [0, 0.05) is 22.6 Å². The van der Waals surface area contributed by atoms with E-state index in [9.17, 15) is 14.5 Å². The van der Waals surface area contributed by atoms with Crippen LogP contribution in [-0.4, -0.2) is 4.92 Å². The van der Waals surface area contributed by atoms with Crippen molar-refractivity contribution in [1.82, 2.24) is 0 Å². The first-order chi connectivity index (χ1) is 9.88. The molecule has 0 amide bonds. The number of nitro groups is 1. The Morgan fingerprint density at radius 3 is 2.62 bits per heavy atom. The van der Waals surface area contributed by atoms with Crippen LogP contribution in [0.1, 0.15) is 24.1 Å². The molecule has 0 radical (unpaired) electrons. The number of rotatable bonds is 4. The normalized spacial score (nSPS) is 12.0. The molecule has 0 fully saturated rings. The fourth-order valence-corrected chi connectivity index (χ4v) is 2.29. The van der Waals surface area contributed by atoms with E-state index < -0.39 is 4.92 Å². The molecule has 0 saturated heterocycles. The second-order valence-corrected chi connectivity index (χ2v) is 5.65. The molecule has 0 aliphatic rings. The van der Waals surface area contributed by atoms with Crippen molar-refractivity contribution in [3.63, 3.8) is 0 Å². The van der Waals surface area contributed by atoms with Gasteiger partial charge in [-0.1, -0.05) is 12.1 Å². The van der Waals surface area contributed by atoms with Crippen LogP contribution in [0.4, 0.5) is 15.8 Å². The van der Waals surface area contributed by atoms with Crippen molar-refractivity contribution < 1.29 is 9.31 Å². The maximum Gasteiger partial charge on any atom is 0.271 e. The quantitative estimate of drug-likeness (QED) is 0.623. The van der Waals surface area contributed by atoms with E-state index in [1.807, 2.05) is 13.0 Å². The van der Waals surface area contributed by atoms with Crippen molar-refractivity contribution >= 4 is 27.3 Å². The summed E-state index contributed by atoms with van der Waals surface area (Å²) in [5.74, 6) is -0.265. The van der Waals surface area contributed by atoms with Crippen molar-refractivity contribution in [3.05, 3.63) is 67.9 Å². The molecule has 1 unspecified atom stereocenters. The van der Waals surface area contributed by atoms with E-state index in [2.05, 4.69) is 21.2 Å². The topological polar surface area (TPSA) is 55.2 Å². The average molecular weight is 353 g/mol. The number of non-ortho nitro benzene ring substituents is 1. The number of hydrogen-bond donors (Lipinski definition) is 1. The number of nitro benzene ring substituents is 1. The van der Waals surface area contributed by atoms with Crippen LogP contribution in [0.2, 0.25) is 0 Å². The third kappa shape index (κ3) is 3.58. The number of hydrogen-bond acceptors (Lipinski definition) is 3. The van der Waals surface area contributed by atoms with Crippen molar-refractivity contribution in [1.29, 1.82) is 0 Å². The van der Waals surface area contributed by atoms with E-state index in [4.69, 9.17) is 0 Å². The molecule has 1 N–H and O–H groups in total. The summed E-state index contributed by atoms with van der Waals surface area (Å²) in [7, 11) is 0. The van der Waals surface area contributed by atoms with E-state index in [0.29, 0.717) is 15.7 Å². The third-order valence-corrected chi connectivity index (χ3v) is 3.92. The monoisotopic (exact) mass is 352 g/mol. The largest absolute Gasteiger partial charge is 0.377 e. The first-order valence-corrected chi connectivity index (χ1v) is 7.14. The Hall–Kier alpha value is -1.95. The van der Waals surface area contributed by atoms with Gasteiger partial charge in [0.2, 0.25) is 0 Å². The lowest BCUT2D eigenvalue weighted by molar-refractivity contribution is -0.384. The molecule has 0 spiro atoms. The number of nitrogens with zero attached hydrogens (tertiary/aromatic N) is 1. The van der Waals surface area contributed by atoms with Gasteiger partial charge in [0.05, 0.1) is 10.6 Å². The molecule has 2 rings (SSSR count). The van der Waals surface area contributed by atoms with Gasteiger partial charge < -0.3 is 5.32 Å². The van der Waals surface area contributed by atoms with Crippen LogP contribution in [-0.2, 0) is 0 Å². The highest BCUT2D eigenvalue weighted by molar-refractivity contribution is 9.10. The second kappa shape index (κ2) is 6.22. The third-order valence-electron chi connectivity index (χ3n) is 3.23. The van der Waals surface area contributed by atoms with E-state index in [-0.39, 0.29) is 17.5 Å². The van der Waals surface area contributed by atoms with Crippen molar-refractivity contribution in [2.45, 2.75) is 19.9 Å². The molecule has 110 valence electrons. The fraction of sp³-hybridized carbons (Fsp3) is 0.200. The Kier molecular flexibility index (Phi) is 4.57. The van der Waals surface area contributed by atoms with Gasteiger partial charge >= 0.3 is 0 Å². The molecule has 0 heterocycles. The average Bonchev–Trinajstić information content (AvgIpc) is 2.43. The minimum atomic E-state index is -0.451. The van der Waals surface area contributed by atoms with Gasteiger partial charge in [-0.05, 0) is 53.0 Å². The fourth-order valence-electron chi connectivity index (χ4n) is 1.93. The predicted molar refractivity (Wildman–Crippen MR) is 84.0 cm³/mol. The highest BCUT2D eigenvalue weighted by Gasteiger charge is 2.13. The van der Waals surface area contributed by atoms with Gasteiger partial charge in [0.15, 0.2) is 0 Å². The molecule has 2 aromatic rings. The summed E-state index contributed by atoms with van der Waals surface area (Å²) in [5, 5.41) is 14.0. The Labute approximate surface area is 130 Å². The zero-order chi connectivity index (χ0) is 15.6. The smallest absolute Gasteiger partial charge is 0.271 e. The maximum absolute atomic E-state index is 13.6. The summed E-state index contributed by atoms with van der Waals surface area (Å²) in [5.41, 5.74) is 1.96. The highest BCUT2D eigenvalue weighted by atomic mass is 79.9. The Morgan fingerprint density at radius 2 is 2.00 bits per heavy atom. The zero-order valence-electron chi connectivity index (χ0n) is 11.6. The summed E-state index contributed by atoms with van der Waals surface area (Å²) < 4.78 is 14.3. The summed E-state index contributed by atoms with van der Waals surface area (Å²) in [6.45, 7) is 3.57. The van der Waals surface area contributed by atoms with Crippen LogP contribution < -0.4 is 5.32 Å². The molecule has 4 nitrogen and oxygen atoms in total. The molecule has 1 atom stereocenters. The molecule has 6 heteroatoms. The molecular weight excluding hydrogens is 339 g/mol. The van der Waals surface area contributed by atoms with Gasteiger partial charge in [0.25, 0.3) is 5.69 Å². The number of aryl methyl sites for hydroxylation is 1. The van der Waals surface area contributed by atoms with E-state index in [0.717, 1.165) is 5.56 Å². The molecule has 0 aromatic heterocycles. The second-order valence-electron chi connectivity index (χ2n) is 4.80. The Bertz CT molecular complexity index is 691. The predicted octanol–water partition coefficient (Wildman–Crippen LogP) is 4.98. The lowest BCUT2D eigenvalue weighted by Crippen LogP contribution is -2.08. The van der Waals surface area contributed by atoms with Crippen molar-refractivity contribution in [2.24, 2.45) is 0 Å². The van der Waals surface area contributed by atoms with Crippen LogP contribution in [0, 0.1) is 22.9 Å². The maximum atomic E-state index is 13.6.